The lowest BCUT2D eigenvalue weighted by Gasteiger charge is -2.06. The summed E-state index contributed by atoms with van der Waals surface area (Å²) in [4.78, 5) is 15.8. The number of carbonyl (C=O) groups is 1. The van der Waals surface area contributed by atoms with E-state index in [1.54, 1.807) is 11.4 Å². The number of carbonyl (C=O) groups excluding carboxylic acids is 1. The number of nitrogen functional groups attached to an aromatic ring is 1. The van der Waals surface area contributed by atoms with Gasteiger partial charge in [-0.3, -0.25) is 4.79 Å². The maximum Gasteiger partial charge on any atom is 0.230 e. The largest absolute Gasteiger partial charge is 0.375 e. The van der Waals surface area contributed by atoms with Crippen molar-refractivity contribution in [2.45, 2.75) is 6.42 Å². The molecule has 1 aromatic carbocycles. The number of nitrogens with zero attached hydrogens (tertiary/aromatic N) is 1. The number of hydrogen-bond acceptors (Lipinski definition) is 4. The Labute approximate surface area is 127 Å². The predicted octanol–water partition coefficient (Wildman–Crippen LogP) is 3.16. The van der Waals surface area contributed by atoms with Crippen LogP contribution in [-0.4, -0.2) is 10.9 Å². The highest BCUT2D eigenvalue weighted by atomic mass is 127. The molecule has 1 amide bonds. The van der Waals surface area contributed by atoms with Crippen molar-refractivity contribution >= 4 is 62.3 Å². The number of nitrogens with two attached hydrogens (primary N) is 1. The summed E-state index contributed by atoms with van der Waals surface area (Å²) in [6.07, 6.45) is 0.190. The van der Waals surface area contributed by atoms with Gasteiger partial charge < -0.3 is 11.1 Å². The monoisotopic (exact) mass is 393 g/mol. The number of hydrogen-bond donors (Lipinski definition) is 2. The van der Waals surface area contributed by atoms with E-state index in [1.807, 2.05) is 12.1 Å². The van der Waals surface area contributed by atoms with Gasteiger partial charge in [0.25, 0.3) is 0 Å². The van der Waals surface area contributed by atoms with Crippen molar-refractivity contribution in [2.75, 3.05) is 11.1 Å². The minimum Gasteiger partial charge on any atom is -0.375 e. The Morgan fingerprint density at radius 2 is 2.33 bits per heavy atom. The lowest BCUT2D eigenvalue weighted by atomic mass is 10.3. The number of aromatic nitrogens is 1. The first kappa shape index (κ1) is 13.6. The third-order valence-corrected chi connectivity index (χ3v) is 3.84. The van der Waals surface area contributed by atoms with Gasteiger partial charge in [-0.2, -0.15) is 0 Å². The molecule has 0 unspecified atom stereocenters. The highest BCUT2D eigenvalue weighted by Crippen LogP contribution is 2.24. The number of benzene rings is 1. The van der Waals surface area contributed by atoms with Crippen LogP contribution in [0.1, 0.15) is 5.69 Å². The summed E-state index contributed by atoms with van der Waals surface area (Å²) in [5.41, 5.74) is 6.78. The minimum atomic E-state index is -0.163. The summed E-state index contributed by atoms with van der Waals surface area (Å²) in [6.45, 7) is 0. The fourth-order valence-corrected chi connectivity index (χ4v) is 2.57. The number of amides is 1. The zero-order valence-electron chi connectivity index (χ0n) is 9.11. The van der Waals surface area contributed by atoms with Crippen molar-refractivity contribution in [3.63, 3.8) is 0 Å². The van der Waals surface area contributed by atoms with Crippen LogP contribution < -0.4 is 11.1 Å². The van der Waals surface area contributed by atoms with Gasteiger partial charge in [-0.05, 0) is 40.8 Å². The van der Waals surface area contributed by atoms with Crippen LogP contribution in [0, 0.1) is 3.57 Å². The van der Waals surface area contributed by atoms with Crippen LogP contribution in [-0.2, 0) is 11.2 Å². The third-order valence-electron chi connectivity index (χ3n) is 2.11. The Morgan fingerprint density at radius 3 is 3.00 bits per heavy atom. The summed E-state index contributed by atoms with van der Waals surface area (Å²) in [6, 6.07) is 5.44. The standard InChI is InChI=1S/C11H9ClIN3OS/c12-8-2-1-6(13)3-9(8)16-10(17)4-7-5-18-11(14)15-7/h1-3,5H,4H2,(H2,14,15)(H,16,17). The van der Waals surface area contributed by atoms with Gasteiger partial charge in [0.2, 0.25) is 5.91 Å². The summed E-state index contributed by atoms with van der Waals surface area (Å²) < 4.78 is 1.00. The highest BCUT2D eigenvalue weighted by Gasteiger charge is 2.09. The van der Waals surface area contributed by atoms with Crippen LogP contribution in [0.2, 0.25) is 5.02 Å². The molecule has 0 saturated carbocycles. The van der Waals surface area contributed by atoms with Gasteiger partial charge >= 0.3 is 0 Å². The van der Waals surface area contributed by atoms with Crippen molar-refractivity contribution in [3.05, 3.63) is 37.9 Å². The molecule has 0 atom stereocenters. The lowest BCUT2D eigenvalue weighted by Crippen LogP contribution is -2.15. The molecule has 3 N–H and O–H groups in total. The van der Waals surface area contributed by atoms with E-state index >= 15 is 0 Å². The van der Waals surface area contributed by atoms with E-state index in [4.69, 9.17) is 17.3 Å². The molecule has 7 heteroatoms. The molecule has 0 bridgehead atoms. The second-order valence-corrected chi connectivity index (χ2v) is 6.07. The maximum atomic E-state index is 11.8. The molecule has 0 saturated heterocycles. The summed E-state index contributed by atoms with van der Waals surface area (Å²) in [5.74, 6) is -0.163. The van der Waals surface area contributed by atoms with E-state index in [-0.39, 0.29) is 12.3 Å². The molecule has 2 aromatic rings. The normalized spacial score (nSPS) is 10.3. The number of rotatable bonds is 3. The third kappa shape index (κ3) is 3.56. The minimum absolute atomic E-state index is 0.163. The number of thiazole rings is 1. The molecule has 1 heterocycles. The fraction of sp³-hybridized carbons (Fsp3) is 0.0909. The Bertz CT molecular complexity index is 587. The second kappa shape index (κ2) is 5.85. The number of nitrogens with one attached hydrogen (secondary N) is 1. The molecule has 0 spiro atoms. The number of anilines is 2. The summed E-state index contributed by atoms with van der Waals surface area (Å²) >= 11 is 9.47. The zero-order valence-corrected chi connectivity index (χ0v) is 12.8. The Hall–Kier alpha value is -0.860. The molecule has 4 nitrogen and oxygen atoms in total. The van der Waals surface area contributed by atoms with Crippen molar-refractivity contribution in [3.8, 4) is 0 Å². The average Bonchev–Trinajstić information content (AvgIpc) is 2.69. The molecule has 18 heavy (non-hydrogen) atoms. The van der Waals surface area contributed by atoms with Crippen LogP contribution in [0.25, 0.3) is 0 Å². The van der Waals surface area contributed by atoms with Crippen molar-refractivity contribution < 1.29 is 4.79 Å². The molecule has 94 valence electrons. The topological polar surface area (TPSA) is 68.0 Å². The highest BCUT2D eigenvalue weighted by molar-refractivity contribution is 14.1. The smallest absolute Gasteiger partial charge is 0.230 e. The maximum absolute atomic E-state index is 11.8. The van der Waals surface area contributed by atoms with Crippen molar-refractivity contribution in [1.29, 1.82) is 0 Å². The van der Waals surface area contributed by atoms with Crippen molar-refractivity contribution in [1.82, 2.24) is 4.98 Å². The van der Waals surface area contributed by atoms with Gasteiger partial charge in [-0.1, -0.05) is 11.6 Å². The van der Waals surface area contributed by atoms with Crippen molar-refractivity contribution in [2.24, 2.45) is 0 Å². The van der Waals surface area contributed by atoms with Gasteiger partial charge in [-0.25, -0.2) is 4.98 Å². The van der Waals surface area contributed by atoms with Crippen LogP contribution in [0.5, 0.6) is 0 Å². The molecule has 0 fully saturated rings. The van der Waals surface area contributed by atoms with Crippen LogP contribution in [0.4, 0.5) is 10.8 Å². The number of halogens is 2. The molecule has 0 aliphatic carbocycles. The van der Waals surface area contributed by atoms with E-state index in [2.05, 4.69) is 32.9 Å². The van der Waals surface area contributed by atoms with E-state index < -0.39 is 0 Å². The fourth-order valence-electron chi connectivity index (χ4n) is 1.36. The Balaban J connectivity index is 2.05. The van der Waals surface area contributed by atoms with E-state index in [0.717, 1.165) is 3.57 Å². The second-order valence-electron chi connectivity index (χ2n) is 3.53. The molecular weight excluding hydrogens is 385 g/mol. The predicted molar refractivity (Wildman–Crippen MR) is 83.0 cm³/mol. The average molecular weight is 394 g/mol. The van der Waals surface area contributed by atoms with Gasteiger partial charge in [0.15, 0.2) is 5.13 Å². The molecule has 1 aromatic heterocycles. The van der Waals surface area contributed by atoms with E-state index in [0.29, 0.717) is 21.5 Å². The SMILES string of the molecule is Nc1nc(CC(=O)Nc2cc(I)ccc2Cl)cs1. The zero-order chi connectivity index (χ0) is 13.1. The molecule has 0 radical (unpaired) electrons. The Kier molecular flexibility index (Phi) is 4.41. The van der Waals surface area contributed by atoms with E-state index in [1.165, 1.54) is 11.3 Å². The molecule has 0 aliphatic rings. The van der Waals surface area contributed by atoms with Gasteiger partial charge in [0.05, 0.1) is 22.8 Å². The summed E-state index contributed by atoms with van der Waals surface area (Å²) in [7, 11) is 0. The quantitative estimate of drug-likeness (QED) is 0.787. The first-order chi connectivity index (χ1) is 8.54. The lowest BCUT2D eigenvalue weighted by molar-refractivity contribution is -0.115. The van der Waals surface area contributed by atoms with Gasteiger partial charge in [-0.15, -0.1) is 11.3 Å². The van der Waals surface area contributed by atoms with Crippen LogP contribution >= 0.6 is 45.5 Å². The molecule has 2 rings (SSSR count). The molecule has 0 aliphatic heterocycles. The first-order valence-electron chi connectivity index (χ1n) is 4.99. The van der Waals surface area contributed by atoms with Crippen LogP contribution in [0.3, 0.4) is 0 Å². The first-order valence-corrected chi connectivity index (χ1v) is 7.33. The van der Waals surface area contributed by atoms with Gasteiger partial charge in [0, 0.05) is 8.95 Å². The Morgan fingerprint density at radius 1 is 1.56 bits per heavy atom. The van der Waals surface area contributed by atoms with E-state index in [9.17, 15) is 4.79 Å². The van der Waals surface area contributed by atoms with Crippen LogP contribution in [0.15, 0.2) is 23.6 Å². The molecular formula is C11H9ClIN3OS. The van der Waals surface area contributed by atoms with Gasteiger partial charge in [0.1, 0.15) is 0 Å². The summed E-state index contributed by atoms with van der Waals surface area (Å²) in [5, 5.41) is 5.50.